The molecule has 2 rings (SSSR count). The van der Waals surface area contributed by atoms with Gasteiger partial charge in [-0.1, -0.05) is 35.5 Å². The Labute approximate surface area is 105 Å². The molecule has 0 aromatic heterocycles. The van der Waals surface area contributed by atoms with Crippen molar-refractivity contribution in [3.8, 4) is 0 Å². The van der Waals surface area contributed by atoms with Gasteiger partial charge in [-0.3, -0.25) is 4.79 Å². The van der Waals surface area contributed by atoms with Gasteiger partial charge in [0.05, 0.1) is 0 Å². The quantitative estimate of drug-likeness (QED) is 0.221. The molecule has 1 atom stereocenters. The summed E-state index contributed by atoms with van der Waals surface area (Å²) in [5.41, 5.74) is 0.918. The van der Waals surface area contributed by atoms with Crippen LogP contribution in [0.25, 0.3) is 0 Å². The van der Waals surface area contributed by atoms with Gasteiger partial charge in [0.2, 0.25) is 18.0 Å². The molecule has 1 unspecified atom stereocenters. The van der Waals surface area contributed by atoms with E-state index in [1.807, 2.05) is 0 Å². The Hall–Kier alpha value is -2.17. The van der Waals surface area contributed by atoms with E-state index in [0.717, 1.165) is 12.6 Å². The Morgan fingerprint density at radius 3 is 2.83 bits per heavy atom. The molecule has 5 heteroatoms. The second-order valence-corrected chi connectivity index (χ2v) is 4.22. The predicted octanol–water partition coefficient (Wildman–Crippen LogP) is 1.83. The van der Waals surface area contributed by atoms with Crippen LogP contribution >= 0.6 is 0 Å². The van der Waals surface area contributed by atoms with E-state index in [9.17, 15) is 10.0 Å². The summed E-state index contributed by atoms with van der Waals surface area (Å²) >= 11 is 0. The molecule has 1 saturated carbocycles. The Morgan fingerprint density at radius 1 is 1.44 bits per heavy atom. The van der Waals surface area contributed by atoms with Crippen LogP contribution in [0.15, 0.2) is 35.5 Å². The lowest BCUT2D eigenvalue weighted by Gasteiger charge is -2.10. The van der Waals surface area contributed by atoms with Gasteiger partial charge in [-0.05, 0) is 12.8 Å². The first-order chi connectivity index (χ1) is 8.72. The number of hydroxylamine groups is 1. The number of ketones is 1. The number of rotatable bonds is 3. The summed E-state index contributed by atoms with van der Waals surface area (Å²) in [6.45, 7) is 0. The zero-order valence-electron chi connectivity index (χ0n) is 9.82. The van der Waals surface area contributed by atoms with Gasteiger partial charge in [0.25, 0.3) is 0 Å². The molecule has 1 fully saturated rings. The van der Waals surface area contributed by atoms with Crippen molar-refractivity contribution in [3.63, 3.8) is 0 Å². The first kappa shape index (κ1) is 12.3. The van der Waals surface area contributed by atoms with Gasteiger partial charge in [0.1, 0.15) is 5.71 Å². The lowest BCUT2D eigenvalue weighted by molar-refractivity contribution is -0.474. The zero-order chi connectivity index (χ0) is 13.0. The van der Waals surface area contributed by atoms with Crippen molar-refractivity contribution in [1.29, 1.82) is 0 Å². The standard InChI is InChI=1S/C13H14N2O3/c16-13(10-5-2-1-3-6-10)9-15(18)12-8-4-7-11(12)14-17/h1-3,5-6,9,12,17H,4,7-8H2/b14-11+,15-9-. The third-order valence-electron chi connectivity index (χ3n) is 3.03. The van der Waals surface area contributed by atoms with Gasteiger partial charge in [0.15, 0.2) is 0 Å². The Kier molecular flexibility index (Phi) is 3.72. The minimum atomic E-state index is -0.511. The van der Waals surface area contributed by atoms with Crippen LogP contribution in [-0.4, -0.2) is 33.7 Å². The van der Waals surface area contributed by atoms with Crippen LogP contribution in [0.2, 0.25) is 0 Å². The maximum absolute atomic E-state index is 11.8. The fraction of sp³-hybridized carbons (Fsp3) is 0.308. The molecule has 1 aliphatic rings. The highest BCUT2D eigenvalue weighted by Crippen LogP contribution is 2.18. The van der Waals surface area contributed by atoms with Crippen molar-refractivity contribution in [1.82, 2.24) is 0 Å². The highest BCUT2D eigenvalue weighted by atomic mass is 16.5. The molecule has 0 radical (unpaired) electrons. The number of Topliss-reactive ketones (excluding diaryl/α,β-unsaturated/α-hetero) is 1. The molecule has 0 aliphatic heterocycles. The summed E-state index contributed by atoms with van der Waals surface area (Å²) in [4.78, 5) is 11.8. The van der Waals surface area contributed by atoms with Gasteiger partial charge in [-0.2, -0.15) is 4.74 Å². The zero-order valence-corrected chi connectivity index (χ0v) is 9.82. The highest BCUT2D eigenvalue weighted by molar-refractivity contribution is 6.33. The molecule has 1 aromatic carbocycles. The minimum Gasteiger partial charge on any atom is -0.623 e. The lowest BCUT2D eigenvalue weighted by Crippen LogP contribution is -2.28. The van der Waals surface area contributed by atoms with E-state index in [2.05, 4.69) is 5.16 Å². The number of oxime groups is 1. The number of carbonyl (C=O) groups excluding carboxylic acids is 1. The Balaban J connectivity index is 2.16. The smallest absolute Gasteiger partial charge is 0.249 e. The summed E-state index contributed by atoms with van der Waals surface area (Å²) < 4.78 is 0.595. The fourth-order valence-electron chi connectivity index (χ4n) is 2.08. The highest BCUT2D eigenvalue weighted by Gasteiger charge is 2.30. The van der Waals surface area contributed by atoms with Gasteiger partial charge in [-0.25, -0.2) is 0 Å². The summed E-state index contributed by atoms with van der Waals surface area (Å²) in [6, 6.07) is 8.09. The van der Waals surface area contributed by atoms with Crippen LogP contribution in [0.3, 0.4) is 0 Å². The van der Waals surface area contributed by atoms with Crippen LogP contribution in [0.1, 0.15) is 29.6 Å². The van der Waals surface area contributed by atoms with Crippen LogP contribution in [0.5, 0.6) is 0 Å². The molecule has 0 saturated heterocycles. The average Bonchev–Trinajstić information content (AvgIpc) is 2.88. The van der Waals surface area contributed by atoms with Crippen molar-refractivity contribution in [3.05, 3.63) is 41.1 Å². The van der Waals surface area contributed by atoms with E-state index in [0.29, 0.717) is 28.9 Å². The first-order valence-electron chi connectivity index (χ1n) is 5.83. The normalized spacial score (nSPS) is 22.3. The van der Waals surface area contributed by atoms with Gasteiger partial charge in [-0.15, -0.1) is 0 Å². The maximum atomic E-state index is 11.8. The molecule has 1 N–H and O–H groups in total. The summed E-state index contributed by atoms with van der Waals surface area (Å²) in [7, 11) is 0. The van der Waals surface area contributed by atoms with Crippen LogP contribution < -0.4 is 0 Å². The number of carbonyl (C=O) groups is 1. The van der Waals surface area contributed by atoms with Crippen LogP contribution in [-0.2, 0) is 0 Å². The van der Waals surface area contributed by atoms with Gasteiger partial charge in [0, 0.05) is 12.0 Å². The maximum Gasteiger partial charge on any atom is 0.249 e. The predicted molar refractivity (Wildman–Crippen MR) is 67.3 cm³/mol. The third kappa shape index (κ3) is 2.56. The molecular weight excluding hydrogens is 232 g/mol. The van der Waals surface area contributed by atoms with Crippen LogP contribution in [0, 0.1) is 5.21 Å². The molecule has 94 valence electrons. The van der Waals surface area contributed by atoms with E-state index in [4.69, 9.17) is 5.21 Å². The summed E-state index contributed by atoms with van der Waals surface area (Å²) in [5.74, 6) is -0.338. The fourth-order valence-corrected chi connectivity index (χ4v) is 2.08. The minimum absolute atomic E-state index is 0.338. The van der Waals surface area contributed by atoms with E-state index in [1.165, 1.54) is 0 Å². The first-order valence-corrected chi connectivity index (χ1v) is 5.83. The largest absolute Gasteiger partial charge is 0.623 e. The number of hydrogen-bond acceptors (Lipinski definition) is 4. The number of hydrogen-bond donors (Lipinski definition) is 1. The molecular formula is C13H14N2O3. The van der Waals surface area contributed by atoms with E-state index >= 15 is 0 Å². The Bertz CT molecular complexity index is 494. The van der Waals surface area contributed by atoms with Crippen LogP contribution in [0.4, 0.5) is 0 Å². The average molecular weight is 246 g/mol. The molecule has 0 bridgehead atoms. The van der Waals surface area contributed by atoms with Crippen molar-refractivity contribution >= 4 is 17.7 Å². The monoisotopic (exact) mass is 246 g/mol. The van der Waals surface area contributed by atoms with Gasteiger partial charge >= 0.3 is 0 Å². The second-order valence-electron chi connectivity index (χ2n) is 4.22. The third-order valence-corrected chi connectivity index (χ3v) is 3.03. The molecule has 1 aliphatic carbocycles. The molecule has 18 heavy (non-hydrogen) atoms. The summed E-state index contributed by atoms with van der Waals surface area (Å²) in [5, 5.41) is 23.7. The van der Waals surface area contributed by atoms with E-state index < -0.39 is 6.04 Å². The molecule has 5 nitrogen and oxygen atoms in total. The Morgan fingerprint density at radius 2 is 2.17 bits per heavy atom. The van der Waals surface area contributed by atoms with Crippen molar-refractivity contribution < 1.29 is 14.7 Å². The molecule has 0 amide bonds. The van der Waals surface area contributed by atoms with E-state index in [1.54, 1.807) is 30.3 Å². The van der Waals surface area contributed by atoms with Crippen molar-refractivity contribution in [2.45, 2.75) is 25.3 Å². The number of nitrogens with zero attached hydrogens (tertiary/aromatic N) is 2. The van der Waals surface area contributed by atoms with Crippen molar-refractivity contribution in [2.75, 3.05) is 0 Å². The molecule has 0 spiro atoms. The second kappa shape index (κ2) is 5.44. The lowest BCUT2D eigenvalue weighted by atomic mass is 10.1. The SMILES string of the molecule is O=C(/C=[N+](\[O-])C1CCC/C1=N\O)c1ccccc1. The van der Waals surface area contributed by atoms with Gasteiger partial charge < -0.3 is 10.4 Å². The molecule has 1 aromatic rings. The summed E-state index contributed by atoms with van der Waals surface area (Å²) in [6.07, 6.45) is 3.04. The number of benzene rings is 1. The van der Waals surface area contributed by atoms with Crippen molar-refractivity contribution in [2.24, 2.45) is 5.16 Å². The van der Waals surface area contributed by atoms with E-state index in [-0.39, 0.29) is 5.78 Å². The topological polar surface area (TPSA) is 75.7 Å². The molecule has 0 heterocycles.